The Morgan fingerprint density at radius 1 is 1.17 bits per heavy atom. The molecule has 5 nitrogen and oxygen atoms in total. The first kappa shape index (κ1) is 19.8. The van der Waals surface area contributed by atoms with Gasteiger partial charge in [-0.2, -0.15) is 0 Å². The van der Waals surface area contributed by atoms with Crippen LogP contribution in [-0.4, -0.2) is 43.2 Å². The molecule has 0 aromatic heterocycles. The topological polar surface area (TPSA) is 50.8 Å². The quantitative estimate of drug-likeness (QED) is 0.862. The van der Waals surface area contributed by atoms with Gasteiger partial charge in [-0.05, 0) is 49.4 Å². The molecular weight excluding hydrogens is 364 g/mol. The maximum atomic E-state index is 12.8. The van der Waals surface area contributed by atoms with E-state index in [2.05, 4.69) is 23.5 Å². The third-order valence-corrected chi connectivity index (χ3v) is 6.38. The first-order valence-electron chi connectivity index (χ1n) is 10.4. The molecule has 4 rings (SSSR count). The van der Waals surface area contributed by atoms with E-state index in [1.165, 1.54) is 5.56 Å². The van der Waals surface area contributed by atoms with Gasteiger partial charge in [-0.15, -0.1) is 0 Å². The molecule has 1 N–H and O–H groups in total. The van der Waals surface area contributed by atoms with Crippen molar-refractivity contribution in [2.45, 2.75) is 50.3 Å². The lowest BCUT2D eigenvalue weighted by Crippen LogP contribution is -2.51. The average molecular weight is 395 g/mol. The second-order valence-corrected chi connectivity index (χ2v) is 8.26. The van der Waals surface area contributed by atoms with Crippen LogP contribution < -0.4 is 14.8 Å². The number of nitrogens with zero attached hydrogens (tertiary/aromatic N) is 1. The summed E-state index contributed by atoms with van der Waals surface area (Å²) in [6.07, 6.45) is 4.27. The highest BCUT2D eigenvalue weighted by molar-refractivity contribution is 5.78. The monoisotopic (exact) mass is 394 g/mol. The number of ether oxygens (including phenoxy) is 2. The highest BCUT2D eigenvalue weighted by Crippen LogP contribution is 2.37. The van der Waals surface area contributed by atoms with Crippen LogP contribution >= 0.6 is 0 Å². The first-order chi connectivity index (χ1) is 14.1. The van der Waals surface area contributed by atoms with E-state index in [4.69, 9.17) is 9.47 Å². The molecule has 1 spiro atoms. The zero-order valence-electron chi connectivity index (χ0n) is 17.3. The number of likely N-dealkylation sites (N-methyl/N-ethyl adjacent to an activating group) is 1. The first-order valence-corrected chi connectivity index (χ1v) is 10.4. The van der Waals surface area contributed by atoms with E-state index in [1.54, 1.807) is 7.11 Å². The van der Waals surface area contributed by atoms with Crippen LogP contribution in [0.15, 0.2) is 48.5 Å². The number of rotatable bonds is 4. The Labute approximate surface area is 173 Å². The molecule has 2 aromatic carbocycles. The molecule has 29 heavy (non-hydrogen) atoms. The van der Waals surface area contributed by atoms with Gasteiger partial charge < -0.3 is 19.7 Å². The fourth-order valence-electron chi connectivity index (χ4n) is 4.48. The van der Waals surface area contributed by atoms with Crippen molar-refractivity contribution in [2.24, 2.45) is 0 Å². The predicted molar refractivity (Wildman–Crippen MR) is 113 cm³/mol. The standard InChI is InChI=1S/C24H30N2O3/c1-26(23(27)15-18-7-9-21(28-2)10-8-18)20-11-13-24(14-12-20)17-25-16-19-5-3-4-6-22(19)29-24/h3-10,20,25H,11-17H2,1-2H3. The number of benzene rings is 2. The largest absolute Gasteiger partial charge is 0.497 e. The zero-order valence-corrected chi connectivity index (χ0v) is 17.3. The van der Waals surface area contributed by atoms with Crippen molar-refractivity contribution in [3.63, 3.8) is 0 Å². The average Bonchev–Trinajstić information content (AvgIpc) is 2.93. The van der Waals surface area contributed by atoms with Crippen molar-refractivity contribution < 1.29 is 14.3 Å². The van der Waals surface area contributed by atoms with Gasteiger partial charge in [0.25, 0.3) is 0 Å². The van der Waals surface area contributed by atoms with E-state index in [0.717, 1.165) is 55.8 Å². The second-order valence-electron chi connectivity index (χ2n) is 8.26. The maximum Gasteiger partial charge on any atom is 0.226 e. The number of methoxy groups -OCH3 is 1. The lowest BCUT2D eigenvalue weighted by atomic mass is 9.81. The number of fused-ring (bicyclic) bond motifs is 1. The summed E-state index contributed by atoms with van der Waals surface area (Å²) < 4.78 is 11.7. The van der Waals surface area contributed by atoms with E-state index in [9.17, 15) is 4.79 Å². The van der Waals surface area contributed by atoms with E-state index >= 15 is 0 Å². The predicted octanol–water partition coefficient (Wildman–Crippen LogP) is 3.56. The summed E-state index contributed by atoms with van der Waals surface area (Å²) in [5.41, 5.74) is 2.07. The minimum atomic E-state index is -0.164. The van der Waals surface area contributed by atoms with Crippen LogP contribution in [0, 0.1) is 0 Å². The fourth-order valence-corrected chi connectivity index (χ4v) is 4.48. The Hall–Kier alpha value is -2.53. The molecule has 0 unspecified atom stereocenters. The Morgan fingerprint density at radius 3 is 2.62 bits per heavy atom. The highest BCUT2D eigenvalue weighted by atomic mass is 16.5. The normalized spacial score (nSPS) is 23.6. The van der Waals surface area contributed by atoms with Gasteiger partial charge in [0.1, 0.15) is 17.1 Å². The van der Waals surface area contributed by atoms with Crippen LogP contribution in [0.2, 0.25) is 0 Å². The lowest BCUT2D eigenvalue weighted by Gasteiger charge is -2.42. The van der Waals surface area contributed by atoms with Gasteiger partial charge >= 0.3 is 0 Å². The van der Waals surface area contributed by atoms with Crippen molar-refractivity contribution in [1.82, 2.24) is 10.2 Å². The SMILES string of the molecule is COc1ccc(CC(=O)N(C)C2CCC3(CC2)CNCc2ccccc2O3)cc1. The second kappa shape index (κ2) is 8.46. The Kier molecular flexibility index (Phi) is 5.76. The van der Waals surface area contributed by atoms with Crippen LogP contribution in [-0.2, 0) is 17.8 Å². The molecule has 2 aromatic rings. The van der Waals surface area contributed by atoms with Gasteiger partial charge in [0, 0.05) is 31.7 Å². The fraction of sp³-hybridized carbons (Fsp3) is 0.458. The van der Waals surface area contributed by atoms with Crippen molar-refractivity contribution in [3.8, 4) is 11.5 Å². The summed E-state index contributed by atoms with van der Waals surface area (Å²) in [4.78, 5) is 14.7. The van der Waals surface area contributed by atoms with Crippen molar-refractivity contribution in [3.05, 3.63) is 59.7 Å². The van der Waals surface area contributed by atoms with E-state index in [-0.39, 0.29) is 17.6 Å². The molecule has 1 aliphatic heterocycles. The van der Waals surface area contributed by atoms with Crippen molar-refractivity contribution in [2.75, 3.05) is 20.7 Å². The molecule has 2 aliphatic rings. The zero-order chi connectivity index (χ0) is 20.3. The summed E-state index contributed by atoms with van der Waals surface area (Å²) in [5.74, 6) is 1.98. The van der Waals surface area contributed by atoms with Gasteiger partial charge in [-0.25, -0.2) is 0 Å². The molecule has 1 fully saturated rings. The molecule has 1 aliphatic carbocycles. The summed E-state index contributed by atoms with van der Waals surface area (Å²) in [5, 5.41) is 3.56. The molecule has 0 radical (unpaired) electrons. The Morgan fingerprint density at radius 2 is 1.90 bits per heavy atom. The highest BCUT2D eigenvalue weighted by Gasteiger charge is 2.40. The number of hydrogen-bond donors (Lipinski definition) is 1. The molecular formula is C24H30N2O3. The van der Waals surface area contributed by atoms with Gasteiger partial charge in [0.2, 0.25) is 5.91 Å². The Bertz CT molecular complexity index is 841. The van der Waals surface area contributed by atoms with E-state index in [1.807, 2.05) is 42.3 Å². The number of para-hydroxylation sites is 1. The van der Waals surface area contributed by atoms with Crippen LogP contribution in [0.3, 0.4) is 0 Å². The molecule has 0 bridgehead atoms. The molecule has 1 amide bonds. The summed E-state index contributed by atoms with van der Waals surface area (Å²) >= 11 is 0. The summed E-state index contributed by atoms with van der Waals surface area (Å²) in [7, 11) is 3.59. The van der Waals surface area contributed by atoms with E-state index < -0.39 is 0 Å². The van der Waals surface area contributed by atoms with Gasteiger partial charge in [0.05, 0.1) is 13.5 Å². The van der Waals surface area contributed by atoms with Gasteiger partial charge in [0.15, 0.2) is 0 Å². The maximum absolute atomic E-state index is 12.8. The minimum Gasteiger partial charge on any atom is -0.497 e. The van der Waals surface area contributed by atoms with Gasteiger partial charge in [-0.1, -0.05) is 30.3 Å². The number of carbonyl (C=O) groups excluding carboxylic acids is 1. The Balaban J connectivity index is 1.35. The van der Waals surface area contributed by atoms with Crippen LogP contribution in [0.25, 0.3) is 0 Å². The molecule has 0 saturated heterocycles. The molecule has 0 atom stereocenters. The lowest BCUT2D eigenvalue weighted by molar-refractivity contribution is -0.132. The van der Waals surface area contributed by atoms with Crippen LogP contribution in [0.4, 0.5) is 0 Å². The van der Waals surface area contributed by atoms with Gasteiger partial charge in [-0.3, -0.25) is 4.79 Å². The number of carbonyl (C=O) groups is 1. The molecule has 1 saturated carbocycles. The minimum absolute atomic E-state index is 0.164. The summed E-state index contributed by atoms with van der Waals surface area (Å²) in [6, 6.07) is 16.3. The number of hydrogen-bond acceptors (Lipinski definition) is 4. The number of nitrogens with one attached hydrogen (secondary N) is 1. The van der Waals surface area contributed by atoms with Crippen molar-refractivity contribution >= 4 is 5.91 Å². The van der Waals surface area contributed by atoms with Crippen LogP contribution in [0.1, 0.15) is 36.8 Å². The smallest absolute Gasteiger partial charge is 0.226 e. The number of amides is 1. The molecule has 154 valence electrons. The third-order valence-electron chi connectivity index (χ3n) is 6.38. The van der Waals surface area contributed by atoms with E-state index in [0.29, 0.717) is 6.42 Å². The van der Waals surface area contributed by atoms with Crippen molar-refractivity contribution in [1.29, 1.82) is 0 Å². The summed E-state index contributed by atoms with van der Waals surface area (Å²) in [6.45, 7) is 1.71. The molecule has 5 heteroatoms. The molecule has 1 heterocycles. The third kappa shape index (κ3) is 4.40. The van der Waals surface area contributed by atoms with Crippen LogP contribution in [0.5, 0.6) is 11.5 Å².